The maximum atomic E-state index is 4.08. The highest BCUT2D eigenvalue weighted by Crippen LogP contribution is 2.28. The molecule has 1 aromatic rings. The van der Waals surface area contributed by atoms with Gasteiger partial charge in [-0.3, -0.25) is 4.98 Å². The quantitative estimate of drug-likeness (QED) is 0.757. The second-order valence-corrected chi connectivity index (χ2v) is 6.47. The molecule has 1 aliphatic carbocycles. The third kappa shape index (κ3) is 5.76. The maximum absolute atomic E-state index is 4.08. The molecule has 0 radical (unpaired) electrons. The van der Waals surface area contributed by atoms with E-state index < -0.39 is 0 Å². The molecule has 1 aliphatic rings. The van der Waals surface area contributed by atoms with Crippen molar-refractivity contribution >= 4 is 0 Å². The Morgan fingerprint density at radius 3 is 2.67 bits per heavy atom. The SMILES string of the molecule is CCCNC(CN(C)CCc1ccncc1)C1CCCC1. The molecule has 0 aromatic carbocycles. The van der Waals surface area contributed by atoms with E-state index in [0.29, 0.717) is 6.04 Å². The van der Waals surface area contributed by atoms with Crippen LogP contribution in [-0.4, -0.2) is 42.6 Å². The summed E-state index contributed by atoms with van der Waals surface area (Å²) in [5, 5.41) is 3.79. The fraction of sp³-hybridized carbons (Fsp3) is 0.722. The number of pyridine rings is 1. The average molecular weight is 289 g/mol. The van der Waals surface area contributed by atoms with Crippen LogP contribution in [0.1, 0.15) is 44.6 Å². The lowest BCUT2D eigenvalue weighted by Gasteiger charge is -2.29. The highest BCUT2D eigenvalue weighted by atomic mass is 15.1. The monoisotopic (exact) mass is 289 g/mol. The highest BCUT2D eigenvalue weighted by Gasteiger charge is 2.25. The first kappa shape index (κ1) is 16.4. The van der Waals surface area contributed by atoms with E-state index >= 15 is 0 Å². The Labute approximate surface area is 130 Å². The number of likely N-dealkylation sites (N-methyl/N-ethyl adjacent to an activating group) is 1. The van der Waals surface area contributed by atoms with Gasteiger partial charge in [-0.1, -0.05) is 19.8 Å². The van der Waals surface area contributed by atoms with Crippen molar-refractivity contribution in [3.63, 3.8) is 0 Å². The lowest BCUT2D eigenvalue weighted by Crippen LogP contribution is -2.44. The molecule has 1 atom stereocenters. The fourth-order valence-corrected chi connectivity index (χ4v) is 3.37. The standard InChI is InChI=1S/C18H31N3/c1-3-11-20-18(17-6-4-5-7-17)15-21(2)14-10-16-8-12-19-13-9-16/h8-9,12-13,17-18,20H,3-7,10-11,14-15H2,1-2H3. The van der Waals surface area contributed by atoms with Crippen LogP contribution in [0.15, 0.2) is 24.5 Å². The first-order valence-electron chi connectivity index (χ1n) is 8.60. The predicted octanol–water partition coefficient (Wildman–Crippen LogP) is 3.11. The van der Waals surface area contributed by atoms with Gasteiger partial charge in [-0.2, -0.15) is 0 Å². The van der Waals surface area contributed by atoms with E-state index in [2.05, 4.69) is 41.3 Å². The van der Waals surface area contributed by atoms with Crippen molar-refractivity contribution in [3.8, 4) is 0 Å². The van der Waals surface area contributed by atoms with Crippen LogP contribution in [0.25, 0.3) is 0 Å². The number of hydrogen-bond donors (Lipinski definition) is 1. The van der Waals surface area contributed by atoms with E-state index in [-0.39, 0.29) is 0 Å². The number of nitrogens with zero attached hydrogens (tertiary/aromatic N) is 2. The molecule has 118 valence electrons. The Kier molecular flexibility index (Phi) is 7.17. The number of aromatic nitrogens is 1. The molecule has 1 N–H and O–H groups in total. The number of hydrogen-bond acceptors (Lipinski definition) is 3. The van der Waals surface area contributed by atoms with Crippen LogP contribution in [-0.2, 0) is 6.42 Å². The van der Waals surface area contributed by atoms with Gasteiger partial charge in [0.25, 0.3) is 0 Å². The summed E-state index contributed by atoms with van der Waals surface area (Å²) in [6, 6.07) is 4.92. The third-order valence-corrected chi connectivity index (χ3v) is 4.67. The summed E-state index contributed by atoms with van der Waals surface area (Å²) in [6.45, 7) is 5.71. The van der Waals surface area contributed by atoms with Crippen molar-refractivity contribution < 1.29 is 0 Å². The summed E-state index contributed by atoms with van der Waals surface area (Å²) in [5.74, 6) is 0.889. The van der Waals surface area contributed by atoms with E-state index in [0.717, 1.165) is 25.4 Å². The molecule has 1 heterocycles. The first-order valence-corrected chi connectivity index (χ1v) is 8.60. The first-order chi connectivity index (χ1) is 10.3. The van der Waals surface area contributed by atoms with Crippen molar-refractivity contribution in [3.05, 3.63) is 30.1 Å². The zero-order valence-corrected chi connectivity index (χ0v) is 13.7. The molecule has 0 aliphatic heterocycles. The normalized spacial score (nSPS) is 17.5. The minimum Gasteiger partial charge on any atom is -0.312 e. The molecule has 2 rings (SSSR count). The largest absolute Gasteiger partial charge is 0.312 e. The Hall–Kier alpha value is -0.930. The van der Waals surface area contributed by atoms with Crippen molar-refractivity contribution in [2.24, 2.45) is 5.92 Å². The minimum atomic E-state index is 0.676. The molecule has 0 saturated heterocycles. The zero-order chi connectivity index (χ0) is 14.9. The van der Waals surface area contributed by atoms with Gasteiger partial charge < -0.3 is 10.2 Å². The van der Waals surface area contributed by atoms with Crippen molar-refractivity contribution in [1.29, 1.82) is 0 Å². The number of nitrogens with one attached hydrogen (secondary N) is 1. The Morgan fingerprint density at radius 2 is 2.00 bits per heavy atom. The van der Waals surface area contributed by atoms with Crippen LogP contribution in [0.2, 0.25) is 0 Å². The van der Waals surface area contributed by atoms with Gasteiger partial charge in [0.15, 0.2) is 0 Å². The van der Waals surface area contributed by atoms with Gasteiger partial charge in [0.2, 0.25) is 0 Å². The van der Waals surface area contributed by atoms with Crippen molar-refractivity contribution in [2.45, 2.75) is 51.5 Å². The Balaban J connectivity index is 1.78. The van der Waals surface area contributed by atoms with Gasteiger partial charge in [-0.05, 0) is 62.9 Å². The Morgan fingerprint density at radius 1 is 1.29 bits per heavy atom. The lowest BCUT2D eigenvalue weighted by atomic mass is 9.97. The van der Waals surface area contributed by atoms with Gasteiger partial charge in [-0.25, -0.2) is 0 Å². The molecule has 1 aromatic heterocycles. The molecule has 3 nitrogen and oxygen atoms in total. The molecule has 3 heteroatoms. The molecule has 1 fully saturated rings. The van der Waals surface area contributed by atoms with E-state index in [9.17, 15) is 0 Å². The molecule has 1 unspecified atom stereocenters. The van der Waals surface area contributed by atoms with E-state index in [1.54, 1.807) is 0 Å². The number of rotatable bonds is 9. The van der Waals surface area contributed by atoms with Crippen LogP contribution in [0, 0.1) is 5.92 Å². The van der Waals surface area contributed by atoms with E-state index in [1.165, 1.54) is 44.2 Å². The molecule has 21 heavy (non-hydrogen) atoms. The van der Waals surface area contributed by atoms with Gasteiger partial charge in [-0.15, -0.1) is 0 Å². The minimum absolute atomic E-state index is 0.676. The zero-order valence-electron chi connectivity index (χ0n) is 13.7. The average Bonchev–Trinajstić information content (AvgIpc) is 3.04. The van der Waals surface area contributed by atoms with Crippen molar-refractivity contribution in [1.82, 2.24) is 15.2 Å². The fourth-order valence-electron chi connectivity index (χ4n) is 3.37. The lowest BCUT2D eigenvalue weighted by molar-refractivity contribution is 0.242. The molecule has 1 saturated carbocycles. The smallest absolute Gasteiger partial charge is 0.0270 e. The second-order valence-electron chi connectivity index (χ2n) is 6.47. The maximum Gasteiger partial charge on any atom is 0.0270 e. The summed E-state index contributed by atoms with van der Waals surface area (Å²) < 4.78 is 0. The van der Waals surface area contributed by atoms with Crippen LogP contribution in [0.3, 0.4) is 0 Å². The van der Waals surface area contributed by atoms with E-state index in [4.69, 9.17) is 0 Å². The molecule has 0 spiro atoms. The van der Waals surface area contributed by atoms with Gasteiger partial charge in [0, 0.05) is 31.5 Å². The molecule has 0 amide bonds. The van der Waals surface area contributed by atoms with E-state index in [1.807, 2.05) is 12.4 Å². The van der Waals surface area contributed by atoms with Crippen LogP contribution < -0.4 is 5.32 Å². The highest BCUT2D eigenvalue weighted by molar-refractivity contribution is 5.09. The molecular weight excluding hydrogens is 258 g/mol. The Bertz CT molecular complexity index is 373. The second kappa shape index (κ2) is 9.16. The van der Waals surface area contributed by atoms with Crippen LogP contribution >= 0.6 is 0 Å². The summed E-state index contributed by atoms with van der Waals surface area (Å²) in [5.41, 5.74) is 1.38. The summed E-state index contributed by atoms with van der Waals surface area (Å²) >= 11 is 0. The van der Waals surface area contributed by atoms with Crippen LogP contribution in [0.5, 0.6) is 0 Å². The summed E-state index contributed by atoms with van der Waals surface area (Å²) in [4.78, 5) is 6.58. The summed E-state index contributed by atoms with van der Waals surface area (Å²) in [6.07, 6.45) is 11.8. The third-order valence-electron chi connectivity index (χ3n) is 4.67. The predicted molar refractivity (Wildman–Crippen MR) is 89.5 cm³/mol. The van der Waals surface area contributed by atoms with Gasteiger partial charge in [0.1, 0.15) is 0 Å². The van der Waals surface area contributed by atoms with Crippen molar-refractivity contribution in [2.75, 3.05) is 26.7 Å². The molecule has 0 bridgehead atoms. The van der Waals surface area contributed by atoms with Gasteiger partial charge in [0.05, 0.1) is 0 Å². The topological polar surface area (TPSA) is 28.2 Å². The molecular formula is C18H31N3. The van der Waals surface area contributed by atoms with Gasteiger partial charge >= 0.3 is 0 Å². The summed E-state index contributed by atoms with van der Waals surface area (Å²) in [7, 11) is 2.26. The van der Waals surface area contributed by atoms with Crippen LogP contribution in [0.4, 0.5) is 0 Å².